The molecule has 0 amide bonds. The Morgan fingerprint density at radius 2 is 2.27 bits per heavy atom. The van der Waals surface area contributed by atoms with Gasteiger partial charge in [0.05, 0.1) is 5.60 Å². The Hall–Kier alpha value is 0.190. The summed E-state index contributed by atoms with van der Waals surface area (Å²) >= 11 is 1.55. The number of nitrogens with one attached hydrogen (secondary N) is 2. The molecule has 1 aliphatic rings. The molecule has 0 aliphatic carbocycles. The third-order valence-electron chi connectivity index (χ3n) is 1.75. The molecule has 1 fully saturated rings. The van der Waals surface area contributed by atoms with Crippen molar-refractivity contribution in [3.05, 3.63) is 0 Å². The lowest BCUT2D eigenvalue weighted by Gasteiger charge is -2.25. The van der Waals surface area contributed by atoms with Gasteiger partial charge in [-0.3, -0.25) is 5.32 Å². The molecule has 4 nitrogen and oxygen atoms in total. The van der Waals surface area contributed by atoms with Gasteiger partial charge in [0.1, 0.15) is 5.50 Å². The number of hydroxylamine groups is 1. The second kappa shape index (κ2) is 3.28. The van der Waals surface area contributed by atoms with Crippen LogP contribution in [-0.4, -0.2) is 33.2 Å². The molecule has 5 heteroatoms. The van der Waals surface area contributed by atoms with Crippen molar-refractivity contribution in [3.63, 3.8) is 0 Å². The van der Waals surface area contributed by atoms with E-state index in [0.29, 0.717) is 0 Å². The molecule has 1 aliphatic heterocycles. The molecular weight excluding hydrogens is 164 g/mol. The molecule has 0 radical (unpaired) electrons. The van der Waals surface area contributed by atoms with E-state index in [-0.39, 0.29) is 11.5 Å². The Labute approximate surface area is 70.3 Å². The number of aliphatic hydroxyl groups is 1. The quantitative estimate of drug-likeness (QED) is 0.438. The lowest BCUT2D eigenvalue weighted by molar-refractivity contribution is 0.0400. The highest BCUT2D eigenvalue weighted by molar-refractivity contribution is 8.00. The first-order chi connectivity index (χ1) is 5.04. The van der Waals surface area contributed by atoms with Crippen molar-refractivity contribution < 1.29 is 10.3 Å². The fraction of sp³-hybridized carbons (Fsp3) is 1.00. The highest BCUT2D eigenvalue weighted by Gasteiger charge is 2.34. The maximum atomic E-state index is 9.55. The summed E-state index contributed by atoms with van der Waals surface area (Å²) in [5.74, 6) is 0.807. The van der Waals surface area contributed by atoms with Gasteiger partial charge >= 0.3 is 0 Å². The van der Waals surface area contributed by atoms with Crippen LogP contribution in [0.3, 0.4) is 0 Å². The molecule has 1 saturated heterocycles. The van der Waals surface area contributed by atoms with Gasteiger partial charge in [-0.25, -0.2) is 0 Å². The van der Waals surface area contributed by atoms with Gasteiger partial charge in [0.2, 0.25) is 0 Å². The van der Waals surface area contributed by atoms with Crippen molar-refractivity contribution >= 4 is 11.8 Å². The van der Waals surface area contributed by atoms with Gasteiger partial charge in [-0.15, -0.1) is 11.8 Å². The van der Waals surface area contributed by atoms with Gasteiger partial charge in [-0.2, -0.15) is 5.48 Å². The van der Waals surface area contributed by atoms with E-state index in [9.17, 15) is 5.11 Å². The van der Waals surface area contributed by atoms with Gasteiger partial charge in [-0.1, -0.05) is 0 Å². The molecule has 66 valence electrons. The van der Waals surface area contributed by atoms with Crippen LogP contribution in [0.5, 0.6) is 0 Å². The fourth-order valence-electron chi connectivity index (χ4n) is 0.954. The van der Waals surface area contributed by atoms with Crippen LogP contribution in [0.15, 0.2) is 0 Å². The molecule has 0 bridgehead atoms. The fourth-order valence-corrected chi connectivity index (χ4v) is 2.18. The van der Waals surface area contributed by atoms with Crippen LogP contribution in [0.2, 0.25) is 0 Å². The van der Waals surface area contributed by atoms with Gasteiger partial charge < -0.3 is 10.3 Å². The number of thioether (sulfide) groups is 1. The van der Waals surface area contributed by atoms with E-state index in [1.165, 1.54) is 0 Å². The summed E-state index contributed by atoms with van der Waals surface area (Å²) in [7, 11) is 0. The number of rotatable bonds is 2. The summed E-state index contributed by atoms with van der Waals surface area (Å²) in [6, 6.07) is 0.0390. The van der Waals surface area contributed by atoms with Crippen molar-refractivity contribution in [2.75, 3.05) is 5.75 Å². The average Bonchev–Trinajstić information content (AvgIpc) is 2.32. The molecule has 0 saturated carbocycles. The van der Waals surface area contributed by atoms with E-state index in [1.807, 2.05) is 0 Å². The Balaban J connectivity index is 2.42. The minimum Gasteiger partial charge on any atom is -0.389 e. The van der Waals surface area contributed by atoms with Crippen LogP contribution in [-0.2, 0) is 0 Å². The molecule has 0 aromatic heterocycles. The largest absolute Gasteiger partial charge is 0.389 e. The van der Waals surface area contributed by atoms with E-state index in [1.54, 1.807) is 25.6 Å². The molecule has 2 atom stereocenters. The number of hydrogen-bond acceptors (Lipinski definition) is 5. The number of hydrogen-bond donors (Lipinski definition) is 4. The van der Waals surface area contributed by atoms with Crippen LogP contribution in [0.1, 0.15) is 13.8 Å². The minimum atomic E-state index is -0.724. The van der Waals surface area contributed by atoms with Crippen LogP contribution >= 0.6 is 11.8 Å². The van der Waals surface area contributed by atoms with Gasteiger partial charge in [0.25, 0.3) is 0 Å². The third-order valence-corrected chi connectivity index (χ3v) is 2.85. The molecule has 11 heavy (non-hydrogen) atoms. The highest BCUT2D eigenvalue weighted by atomic mass is 32.2. The van der Waals surface area contributed by atoms with Crippen LogP contribution in [0.4, 0.5) is 0 Å². The van der Waals surface area contributed by atoms with E-state index in [0.717, 1.165) is 5.75 Å². The molecule has 1 heterocycles. The SMILES string of the molecule is CC(C)(O)C1CSC(NO)N1. The molecule has 0 aromatic carbocycles. The highest BCUT2D eigenvalue weighted by Crippen LogP contribution is 2.23. The first kappa shape index (κ1) is 9.28. The predicted molar refractivity (Wildman–Crippen MR) is 44.4 cm³/mol. The van der Waals surface area contributed by atoms with E-state index < -0.39 is 5.60 Å². The first-order valence-electron chi connectivity index (χ1n) is 3.53. The van der Waals surface area contributed by atoms with Gasteiger partial charge in [-0.05, 0) is 13.8 Å². The lowest BCUT2D eigenvalue weighted by atomic mass is 10.0. The molecule has 1 rings (SSSR count). The molecule has 4 N–H and O–H groups in total. The monoisotopic (exact) mass is 178 g/mol. The predicted octanol–water partition coefficient (Wildman–Crippen LogP) is -0.275. The molecule has 0 aromatic rings. The van der Waals surface area contributed by atoms with Crippen molar-refractivity contribution in [1.82, 2.24) is 10.8 Å². The third kappa shape index (κ3) is 2.31. The van der Waals surface area contributed by atoms with E-state index in [2.05, 4.69) is 10.8 Å². The Morgan fingerprint density at radius 1 is 1.64 bits per heavy atom. The van der Waals surface area contributed by atoms with Crippen molar-refractivity contribution in [2.45, 2.75) is 31.0 Å². The van der Waals surface area contributed by atoms with Crippen molar-refractivity contribution in [3.8, 4) is 0 Å². The summed E-state index contributed by atoms with van der Waals surface area (Å²) in [6.45, 7) is 3.51. The lowest BCUT2D eigenvalue weighted by Crippen LogP contribution is -2.49. The Kier molecular flexibility index (Phi) is 2.77. The summed E-state index contributed by atoms with van der Waals surface area (Å²) in [4.78, 5) is 0. The minimum absolute atomic E-state index is 0.0390. The smallest absolute Gasteiger partial charge is 0.128 e. The van der Waals surface area contributed by atoms with Gasteiger partial charge in [0, 0.05) is 11.8 Å². The van der Waals surface area contributed by atoms with Crippen molar-refractivity contribution in [1.29, 1.82) is 0 Å². The average molecular weight is 178 g/mol. The first-order valence-corrected chi connectivity index (χ1v) is 4.58. The Bertz CT molecular complexity index is 137. The maximum absolute atomic E-state index is 9.55. The maximum Gasteiger partial charge on any atom is 0.128 e. The summed E-state index contributed by atoms with van der Waals surface area (Å²) in [5, 5.41) is 21.1. The van der Waals surface area contributed by atoms with Crippen LogP contribution in [0.25, 0.3) is 0 Å². The zero-order valence-electron chi connectivity index (χ0n) is 6.66. The molecular formula is C6H14N2O2S. The second-order valence-corrected chi connectivity index (χ2v) is 4.35. The summed E-state index contributed by atoms with van der Waals surface area (Å²) in [5.41, 5.74) is 1.24. The van der Waals surface area contributed by atoms with Gasteiger partial charge in [0.15, 0.2) is 0 Å². The standard InChI is InChI=1S/C6H14N2O2S/c1-6(2,9)4-3-11-5(7-4)8-10/h4-5,7-10H,3H2,1-2H3. The topological polar surface area (TPSA) is 64.5 Å². The van der Waals surface area contributed by atoms with E-state index >= 15 is 0 Å². The summed E-state index contributed by atoms with van der Waals surface area (Å²) in [6.07, 6.45) is 0. The second-order valence-electron chi connectivity index (χ2n) is 3.22. The molecule has 0 spiro atoms. The van der Waals surface area contributed by atoms with E-state index in [4.69, 9.17) is 5.21 Å². The zero-order chi connectivity index (χ0) is 8.48. The normalized spacial score (nSPS) is 32.7. The van der Waals surface area contributed by atoms with Crippen LogP contribution < -0.4 is 10.8 Å². The zero-order valence-corrected chi connectivity index (χ0v) is 7.48. The van der Waals surface area contributed by atoms with Crippen molar-refractivity contribution in [2.24, 2.45) is 0 Å². The summed E-state index contributed by atoms with van der Waals surface area (Å²) < 4.78 is 0. The molecule has 2 unspecified atom stereocenters. The van der Waals surface area contributed by atoms with Crippen LogP contribution in [0, 0.1) is 0 Å². The Morgan fingerprint density at radius 3 is 2.55 bits per heavy atom.